The quantitative estimate of drug-likeness (QED) is 0.0103. The number of aliphatic hydroxyl groups excluding tert-OH is 2. The number of fused-ring (bicyclic) bond motifs is 2. The summed E-state index contributed by atoms with van der Waals surface area (Å²) in [4.78, 5) is 234. The molecule has 0 bridgehead atoms. The third-order valence-electron chi connectivity index (χ3n) is 22.8. The molecule has 15 amide bonds. The van der Waals surface area contributed by atoms with Crippen molar-refractivity contribution in [2.24, 2.45) is 17.2 Å². The number of H-pyrrole nitrogens is 3. The van der Waals surface area contributed by atoms with Gasteiger partial charge < -0.3 is 126 Å². The number of ketones is 1. The van der Waals surface area contributed by atoms with E-state index in [1.807, 2.05) is 18.2 Å². The van der Waals surface area contributed by atoms with Crippen LogP contribution in [0.5, 0.6) is 0 Å². The number of carbonyl (C=O) groups is 16. The largest absolute Gasteiger partial charge is 0.394 e. The predicted octanol–water partition coefficient (Wildman–Crippen LogP) is -3.23. The standard InChI is InChI=1S/C89H136N26O20/c1-56(117)62-27-20-21-38-95-76(121)36-34-67(88(133)115-52-60(118)47-72(115)87(132)110-68(44-57-24-14-13-15-25-57)84(129)105-65(30-23-39-97-89(92)93)82(127)108-69(85(130)104-62)45-58-48-98-63-28-19-18-26-61(58)63)107-81(126)64(29-22-37-90)102-78(123)51-100-80(125)70(46-59-49-94-55-101-59)109-83(128)66(33-35-73(91)119)106-86(131)71(53-116)103-77(122)50-99-79(124)54-135-43-42-134-41-40-96-75(120)32-17-12-10-8-6-4-2-3-5-7-9-11-16-31-74-111-113-114-112-74/h13-15,18-19,24-26,28,48-49,55,60,62,64-72,98,116,118H,2-12,16-17,20-23,27,29-47,50-54,90H2,1H3,(H2,91,119)(H,94,101)(H,95,121)(H,96,120)(H,99,124)(H,100,125)(H,102,123)(H,103,122)(H,104,130)(H,105,129)(H,106,131)(H,107,126)(H,108,127)(H,109,128)(H,110,132)(H4,92,93,97)(H,111,112,113,114)/t60-,62+,64-,65+,66+,67+,68-,69+,70+,71+,72+/m1/s1. The number of aliphatic hydroxyl groups is 2. The minimum absolute atomic E-state index is 0.00743. The molecule has 26 N–H and O–H groups in total. The summed E-state index contributed by atoms with van der Waals surface area (Å²) in [5.41, 5.74) is 19.1. The normalized spacial score (nSPS) is 18.6. The lowest BCUT2D eigenvalue weighted by Gasteiger charge is -2.31. The van der Waals surface area contributed by atoms with Gasteiger partial charge in [-0.3, -0.25) is 82.1 Å². The van der Waals surface area contributed by atoms with Gasteiger partial charge in [0.2, 0.25) is 88.6 Å². The second kappa shape index (κ2) is 61.0. The Morgan fingerprint density at radius 1 is 0.607 bits per heavy atom. The molecule has 7 rings (SSSR count). The van der Waals surface area contributed by atoms with Gasteiger partial charge in [0.05, 0.1) is 63.7 Å². The first kappa shape index (κ1) is 109. The number of primary amides is 1. The maximum absolute atomic E-state index is 15.2. The number of guanidine groups is 1. The van der Waals surface area contributed by atoms with Gasteiger partial charge in [-0.2, -0.15) is 0 Å². The average molecular weight is 1890 g/mol. The van der Waals surface area contributed by atoms with Crippen LogP contribution in [0.2, 0.25) is 0 Å². The van der Waals surface area contributed by atoms with E-state index in [1.54, 1.807) is 42.6 Å². The van der Waals surface area contributed by atoms with Gasteiger partial charge in [0.1, 0.15) is 66.8 Å². The van der Waals surface area contributed by atoms with E-state index in [0.29, 0.717) is 17.5 Å². The molecular formula is C89H136N26O20. The predicted molar refractivity (Wildman–Crippen MR) is 491 cm³/mol. The summed E-state index contributed by atoms with van der Waals surface area (Å²) in [6.45, 7) is -1.69. The number of aryl methyl sites for hydroxylation is 1. The Bertz CT molecular complexity index is 4600. The SMILES string of the molecule is CC(=O)[C@@H]1CCCCNC(=O)CC[C@H](NC(=O)[C@@H](CCCN)NC(=O)CNC(=O)[C@H](Cc2c[nH]cn2)NC(=O)[C@H](CCC(N)=O)NC(=O)[C@H](CO)NC(=O)CNC(=O)COCCOCCNC(=O)CCCCCCCCCCCCCCCc2nnn[nH]2)C(=O)N2C[C@H](O)C[C@H]2C(=O)N[C@H](Cc2ccccc2)C(=O)N[C@@H](CCCNC(=N)N)C(=O)N[C@@H](Cc2c[nH]c3ccccc23)C(=O)N1. The van der Waals surface area contributed by atoms with Gasteiger partial charge in [-0.1, -0.05) is 119 Å². The summed E-state index contributed by atoms with van der Waals surface area (Å²) in [5, 5.41) is 80.2. The molecule has 742 valence electrons. The lowest BCUT2D eigenvalue weighted by Crippen LogP contribution is -2.60. The first-order chi connectivity index (χ1) is 65.1. The number of nitrogens with two attached hydrogens (primary N) is 3. The first-order valence-corrected chi connectivity index (χ1v) is 46.5. The summed E-state index contributed by atoms with van der Waals surface area (Å²) in [6.07, 6.45) is 16.7. The number of Topliss-reactive ketones (excluding diaryl/α,β-unsaturated/α-hetero) is 1. The van der Waals surface area contributed by atoms with Crippen molar-refractivity contribution in [1.82, 2.24) is 115 Å². The minimum atomic E-state index is -1.75. The summed E-state index contributed by atoms with van der Waals surface area (Å²) in [5.74, 6) is -13.0. The zero-order chi connectivity index (χ0) is 97.7. The number of para-hydroxylation sites is 1. The Morgan fingerprint density at radius 3 is 1.93 bits per heavy atom. The summed E-state index contributed by atoms with van der Waals surface area (Å²) < 4.78 is 10.8. The van der Waals surface area contributed by atoms with E-state index < -0.39 is 220 Å². The average Bonchev–Trinajstić information content (AvgIpc) is 1.68. The van der Waals surface area contributed by atoms with Crippen LogP contribution in [0.15, 0.2) is 73.3 Å². The lowest BCUT2D eigenvalue weighted by molar-refractivity contribution is -0.143. The van der Waals surface area contributed by atoms with Crippen LogP contribution in [0.4, 0.5) is 0 Å². The van der Waals surface area contributed by atoms with Crippen LogP contribution in [0.1, 0.15) is 197 Å². The molecule has 2 saturated heterocycles. The van der Waals surface area contributed by atoms with Crippen molar-refractivity contribution >= 4 is 111 Å². The van der Waals surface area contributed by atoms with E-state index in [0.717, 1.165) is 60.2 Å². The number of amides is 15. The van der Waals surface area contributed by atoms with E-state index in [1.165, 1.54) is 70.8 Å². The van der Waals surface area contributed by atoms with Gasteiger partial charge in [-0.25, -0.2) is 10.1 Å². The second-order valence-corrected chi connectivity index (χ2v) is 33.6. The van der Waals surface area contributed by atoms with E-state index in [9.17, 15) is 82.1 Å². The molecule has 46 heteroatoms. The molecule has 0 unspecified atom stereocenters. The van der Waals surface area contributed by atoms with Crippen LogP contribution in [0, 0.1) is 5.41 Å². The molecule has 2 fully saturated rings. The van der Waals surface area contributed by atoms with Gasteiger partial charge in [-0.05, 0) is 112 Å². The van der Waals surface area contributed by atoms with Crippen molar-refractivity contribution in [1.29, 1.82) is 5.41 Å². The fourth-order valence-electron chi connectivity index (χ4n) is 15.4. The molecule has 2 aliphatic rings. The third kappa shape index (κ3) is 41.6. The van der Waals surface area contributed by atoms with Crippen molar-refractivity contribution < 1.29 is 96.4 Å². The van der Waals surface area contributed by atoms with Gasteiger partial charge in [-0.15, -0.1) is 5.10 Å². The number of nitrogens with one attached hydrogen (secondary N) is 18. The number of nitrogens with zero attached hydrogens (tertiary/aromatic N) is 5. The number of tetrazole rings is 1. The third-order valence-corrected chi connectivity index (χ3v) is 22.8. The van der Waals surface area contributed by atoms with Gasteiger partial charge >= 0.3 is 0 Å². The second-order valence-electron chi connectivity index (χ2n) is 33.6. The molecule has 0 aliphatic carbocycles. The number of rotatable bonds is 55. The van der Waals surface area contributed by atoms with E-state index in [-0.39, 0.29) is 128 Å². The number of ether oxygens (including phenoxy) is 2. The van der Waals surface area contributed by atoms with Crippen LogP contribution in [-0.4, -0.2) is 296 Å². The summed E-state index contributed by atoms with van der Waals surface area (Å²) >= 11 is 0. The highest BCUT2D eigenvalue weighted by atomic mass is 16.5. The molecule has 3 aromatic heterocycles. The number of aromatic nitrogens is 7. The lowest BCUT2D eigenvalue weighted by atomic mass is 10.0. The number of aromatic amines is 3. The van der Waals surface area contributed by atoms with Crippen molar-refractivity contribution in [3.63, 3.8) is 0 Å². The Hall–Kier alpha value is -13.0. The number of unbranched alkanes of at least 4 members (excludes halogenated alkanes) is 12. The molecule has 0 radical (unpaired) electrons. The molecular weight excluding hydrogens is 1750 g/mol. The van der Waals surface area contributed by atoms with E-state index >= 15 is 4.79 Å². The van der Waals surface area contributed by atoms with E-state index in [2.05, 4.69) is 110 Å². The van der Waals surface area contributed by atoms with Crippen molar-refractivity contribution in [2.75, 3.05) is 78.8 Å². The molecule has 0 spiro atoms. The van der Waals surface area contributed by atoms with Crippen LogP contribution in [-0.2, 0) is 112 Å². The maximum Gasteiger partial charge on any atom is 0.246 e. The molecule has 2 aromatic carbocycles. The highest BCUT2D eigenvalue weighted by molar-refractivity contribution is 6.00. The highest BCUT2D eigenvalue weighted by Crippen LogP contribution is 2.24. The number of benzene rings is 2. The monoisotopic (exact) mass is 1890 g/mol. The number of hydrogen-bond acceptors (Lipinski definition) is 26. The summed E-state index contributed by atoms with van der Waals surface area (Å²) in [6, 6.07) is 0.473. The zero-order valence-electron chi connectivity index (χ0n) is 76.7. The van der Waals surface area contributed by atoms with Gasteiger partial charge in [0.25, 0.3) is 0 Å². The number of carbonyl (C=O) groups excluding carboxylic acids is 16. The van der Waals surface area contributed by atoms with Crippen molar-refractivity contribution in [3.05, 3.63) is 96.0 Å². The van der Waals surface area contributed by atoms with Crippen LogP contribution in [0.25, 0.3) is 10.9 Å². The summed E-state index contributed by atoms with van der Waals surface area (Å²) in [7, 11) is 0. The Balaban J connectivity index is 0.929. The Morgan fingerprint density at radius 2 is 1.24 bits per heavy atom. The zero-order valence-corrected chi connectivity index (χ0v) is 76.7. The molecule has 11 atom stereocenters. The molecule has 2 aliphatic heterocycles. The maximum atomic E-state index is 15.2. The van der Waals surface area contributed by atoms with Crippen molar-refractivity contribution in [2.45, 2.75) is 266 Å². The first-order valence-electron chi connectivity index (χ1n) is 46.5. The molecule has 135 heavy (non-hydrogen) atoms. The smallest absolute Gasteiger partial charge is 0.246 e. The number of hydrogen-bond donors (Lipinski definition) is 23. The van der Waals surface area contributed by atoms with E-state index in [4.69, 9.17) is 32.1 Å². The minimum Gasteiger partial charge on any atom is -0.394 e. The van der Waals surface area contributed by atoms with Crippen LogP contribution in [0.3, 0.4) is 0 Å². The van der Waals surface area contributed by atoms with Crippen LogP contribution >= 0.6 is 0 Å². The number of imidazole rings is 1. The Kier molecular flexibility index (Phi) is 49.3. The fourth-order valence-corrected chi connectivity index (χ4v) is 15.4. The topological polar surface area (TPSA) is 705 Å². The van der Waals surface area contributed by atoms with Crippen LogP contribution < -0.4 is 91.6 Å². The van der Waals surface area contributed by atoms with Gasteiger partial charge in [0.15, 0.2) is 11.7 Å². The Labute approximate surface area is 782 Å². The molecule has 0 saturated carbocycles. The molecule has 5 heterocycles. The van der Waals surface area contributed by atoms with Crippen molar-refractivity contribution in [3.8, 4) is 0 Å². The fraction of sp³-hybridized carbons (Fsp3) is 0.607. The van der Waals surface area contributed by atoms with Gasteiger partial charge in [0, 0.05) is 101 Å². The molecule has 5 aromatic rings. The highest BCUT2D eigenvalue weighted by Gasteiger charge is 2.44. The molecule has 46 nitrogen and oxygen atoms in total.